The summed E-state index contributed by atoms with van der Waals surface area (Å²) in [6, 6.07) is 18.2. The summed E-state index contributed by atoms with van der Waals surface area (Å²) in [5.74, 6) is 0.966. The summed E-state index contributed by atoms with van der Waals surface area (Å²) in [7, 11) is 4.01. The molecule has 0 atom stereocenters. The molecule has 0 aliphatic heterocycles. The molecule has 0 fully saturated rings. The van der Waals surface area contributed by atoms with E-state index >= 15 is 0 Å². The molecule has 5 heteroatoms. The first kappa shape index (κ1) is 17.0. The Bertz CT molecular complexity index is 733. The van der Waals surface area contributed by atoms with Crippen LogP contribution in [-0.4, -0.2) is 33.9 Å². The van der Waals surface area contributed by atoms with E-state index in [0.29, 0.717) is 0 Å². The van der Waals surface area contributed by atoms with Crippen LogP contribution in [0.2, 0.25) is 0 Å². The predicted octanol–water partition coefficient (Wildman–Crippen LogP) is 3.14. The van der Waals surface area contributed by atoms with Crippen molar-refractivity contribution in [3.8, 4) is 0 Å². The lowest BCUT2D eigenvalue weighted by molar-refractivity contribution is 0.239. The van der Waals surface area contributed by atoms with Gasteiger partial charge in [0.1, 0.15) is 5.82 Å². The van der Waals surface area contributed by atoms with Crippen molar-refractivity contribution in [2.75, 3.05) is 19.0 Å². The molecular weight excluding hydrogens is 310 g/mol. The van der Waals surface area contributed by atoms with Crippen LogP contribution in [0, 0.1) is 0 Å². The van der Waals surface area contributed by atoms with Gasteiger partial charge in [-0.15, -0.1) is 0 Å². The first-order valence-electron chi connectivity index (χ1n) is 8.36. The average Bonchev–Trinajstić information content (AvgIpc) is 2.63. The molecule has 3 heterocycles. The van der Waals surface area contributed by atoms with Gasteiger partial charge in [0.2, 0.25) is 0 Å². The van der Waals surface area contributed by atoms with Gasteiger partial charge >= 0.3 is 0 Å². The van der Waals surface area contributed by atoms with Crippen LogP contribution in [0.3, 0.4) is 0 Å². The van der Waals surface area contributed by atoms with E-state index in [1.54, 1.807) is 0 Å². The number of rotatable bonds is 7. The van der Waals surface area contributed by atoms with E-state index in [1.165, 1.54) is 0 Å². The summed E-state index contributed by atoms with van der Waals surface area (Å²) in [4.78, 5) is 18.0. The summed E-state index contributed by atoms with van der Waals surface area (Å²) in [6.45, 7) is 2.26. The molecule has 0 radical (unpaired) electrons. The quantitative estimate of drug-likeness (QED) is 0.665. The first-order chi connectivity index (χ1) is 12.2. The highest BCUT2D eigenvalue weighted by Crippen LogP contribution is 2.14. The maximum Gasteiger partial charge on any atom is 0.128 e. The van der Waals surface area contributed by atoms with E-state index in [-0.39, 0.29) is 0 Å². The lowest BCUT2D eigenvalue weighted by Crippen LogP contribution is -2.24. The molecule has 0 aliphatic carbocycles. The van der Waals surface area contributed by atoms with E-state index in [0.717, 1.165) is 42.5 Å². The minimum Gasteiger partial charge on any atom is -0.363 e. The molecule has 0 aliphatic rings. The highest BCUT2D eigenvalue weighted by atomic mass is 15.2. The van der Waals surface area contributed by atoms with Crippen LogP contribution in [0.5, 0.6) is 0 Å². The smallest absolute Gasteiger partial charge is 0.128 e. The van der Waals surface area contributed by atoms with Crippen LogP contribution in [-0.2, 0) is 19.6 Å². The molecular formula is C20H23N5. The minimum absolute atomic E-state index is 0.745. The van der Waals surface area contributed by atoms with Crippen LogP contribution < -0.4 is 4.90 Å². The van der Waals surface area contributed by atoms with Gasteiger partial charge in [0, 0.05) is 46.1 Å². The number of pyridine rings is 3. The molecule has 5 nitrogen and oxygen atoms in total. The Morgan fingerprint density at radius 2 is 1.24 bits per heavy atom. The predicted molar refractivity (Wildman–Crippen MR) is 100.0 cm³/mol. The molecule has 3 aromatic heterocycles. The molecule has 0 bridgehead atoms. The van der Waals surface area contributed by atoms with E-state index in [9.17, 15) is 0 Å². The second-order valence-electron chi connectivity index (χ2n) is 6.17. The third-order valence-electron chi connectivity index (χ3n) is 3.86. The van der Waals surface area contributed by atoms with Crippen molar-refractivity contribution in [3.63, 3.8) is 0 Å². The van der Waals surface area contributed by atoms with Crippen molar-refractivity contribution in [2.45, 2.75) is 19.6 Å². The third kappa shape index (κ3) is 5.09. The summed E-state index contributed by atoms with van der Waals surface area (Å²) in [6.07, 6.45) is 3.67. The van der Waals surface area contributed by atoms with Gasteiger partial charge in [-0.1, -0.05) is 18.2 Å². The third-order valence-corrected chi connectivity index (χ3v) is 3.86. The molecule has 128 valence electrons. The minimum atomic E-state index is 0.745. The van der Waals surface area contributed by atoms with Crippen LogP contribution in [0.1, 0.15) is 17.1 Å². The summed E-state index contributed by atoms with van der Waals surface area (Å²) in [5.41, 5.74) is 3.13. The lowest BCUT2D eigenvalue weighted by Gasteiger charge is -2.22. The van der Waals surface area contributed by atoms with Crippen LogP contribution >= 0.6 is 0 Å². The van der Waals surface area contributed by atoms with Crippen molar-refractivity contribution in [1.29, 1.82) is 0 Å². The van der Waals surface area contributed by atoms with Crippen molar-refractivity contribution >= 4 is 5.82 Å². The zero-order valence-corrected chi connectivity index (χ0v) is 14.7. The number of hydrogen-bond donors (Lipinski definition) is 0. The number of anilines is 1. The molecule has 0 N–H and O–H groups in total. The normalized spacial score (nSPS) is 10.8. The van der Waals surface area contributed by atoms with E-state index in [1.807, 2.05) is 61.7 Å². The molecule has 0 spiro atoms. The van der Waals surface area contributed by atoms with Crippen molar-refractivity contribution in [2.24, 2.45) is 0 Å². The first-order valence-corrected chi connectivity index (χ1v) is 8.36. The maximum absolute atomic E-state index is 4.74. The van der Waals surface area contributed by atoms with Crippen LogP contribution in [0.4, 0.5) is 5.82 Å². The van der Waals surface area contributed by atoms with Gasteiger partial charge in [-0.05, 0) is 36.4 Å². The molecule has 0 saturated carbocycles. The van der Waals surface area contributed by atoms with Crippen molar-refractivity contribution < 1.29 is 0 Å². The van der Waals surface area contributed by atoms with Crippen molar-refractivity contribution in [1.82, 2.24) is 19.9 Å². The Labute approximate surface area is 149 Å². The van der Waals surface area contributed by atoms with Gasteiger partial charge in [-0.25, -0.2) is 4.98 Å². The number of hydrogen-bond acceptors (Lipinski definition) is 5. The fourth-order valence-corrected chi connectivity index (χ4v) is 2.64. The Kier molecular flexibility index (Phi) is 5.69. The molecule has 0 unspecified atom stereocenters. The fraction of sp³-hybridized carbons (Fsp3) is 0.250. The summed E-state index contributed by atoms with van der Waals surface area (Å²) in [5, 5.41) is 0. The molecule has 0 amide bonds. The average molecular weight is 333 g/mol. The zero-order chi connectivity index (χ0) is 17.5. The van der Waals surface area contributed by atoms with E-state index in [4.69, 9.17) is 4.98 Å². The van der Waals surface area contributed by atoms with Gasteiger partial charge in [-0.3, -0.25) is 14.9 Å². The standard InChI is InChI=1S/C20H23N5/c1-24(2)20-11-7-10-19(23-20)16-25(14-17-8-3-5-12-21-17)15-18-9-4-6-13-22-18/h3-13H,14-16H2,1-2H3. The molecule has 0 aromatic carbocycles. The molecule has 3 rings (SSSR count). The highest BCUT2D eigenvalue weighted by molar-refractivity contribution is 5.37. The van der Waals surface area contributed by atoms with Gasteiger partial charge in [0.25, 0.3) is 0 Å². The molecule has 3 aromatic rings. The summed E-state index contributed by atoms with van der Waals surface area (Å²) >= 11 is 0. The monoisotopic (exact) mass is 333 g/mol. The van der Waals surface area contributed by atoms with E-state index in [2.05, 4.69) is 39.1 Å². The Balaban J connectivity index is 1.79. The Morgan fingerprint density at radius 1 is 0.680 bits per heavy atom. The second kappa shape index (κ2) is 8.35. The molecule has 0 saturated heterocycles. The van der Waals surface area contributed by atoms with Crippen LogP contribution in [0.25, 0.3) is 0 Å². The Hall–Kier alpha value is -2.79. The summed E-state index contributed by atoms with van der Waals surface area (Å²) < 4.78 is 0. The van der Waals surface area contributed by atoms with Gasteiger partial charge in [-0.2, -0.15) is 0 Å². The maximum atomic E-state index is 4.74. The van der Waals surface area contributed by atoms with Crippen molar-refractivity contribution in [3.05, 3.63) is 84.1 Å². The highest BCUT2D eigenvalue weighted by Gasteiger charge is 2.11. The Morgan fingerprint density at radius 3 is 1.76 bits per heavy atom. The second-order valence-corrected chi connectivity index (χ2v) is 6.17. The topological polar surface area (TPSA) is 45.2 Å². The number of aromatic nitrogens is 3. The number of nitrogens with zero attached hydrogens (tertiary/aromatic N) is 5. The van der Waals surface area contributed by atoms with Gasteiger partial charge < -0.3 is 4.90 Å². The van der Waals surface area contributed by atoms with E-state index < -0.39 is 0 Å². The van der Waals surface area contributed by atoms with Crippen LogP contribution in [0.15, 0.2) is 67.0 Å². The lowest BCUT2D eigenvalue weighted by atomic mass is 10.2. The van der Waals surface area contributed by atoms with Gasteiger partial charge in [0.15, 0.2) is 0 Å². The van der Waals surface area contributed by atoms with Gasteiger partial charge in [0.05, 0.1) is 17.1 Å². The fourth-order valence-electron chi connectivity index (χ4n) is 2.64. The largest absolute Gasteiger partial charge is 0.363 e. The molecule has 25 heavy (non-hydrogen) atoms. The zero-order valence-electron chi connectivity index (χ0n) is 14.7. The SMILES string of the molecule is CN(C)c1cccc(CN(Cc2ccccn2)Cc2ccccn2)n1.